The summed E-state index contributed by atoms with van der Waals surface area (Å²) in [6.07, 6.45) is -2.20. The summed E-state index contributed by atoms with van der Waals surface area (Å²) >= 11 is 5.58. The maximum atomic E-state index is 12.7. The van der Waals surface area contributed by atoms with E-state index in [9.17, 15) is 13.6 Å². The highest BCUT2D eigenvalue weighted by molar-refractivity contribution is 6.17. The van der Waals surface area contributed by atoms with Gasteiger partial charge in [0.15, 0.2) is 0 Å². The number of aliphatic carboxylic acids is 1. The summed E-state index contributed by atoms with van der Waals surface area (Å²) in [7, 11) is 1.26. The van der Waals surface area contributed by atoms with Crippen LogP contribution in [-0.4, -0.2) is 23.2 Å². The van der Waals surface area contributed by atoms with E-state index in [1.165, 1.54) is 7.11 Å². The molecule has 94 valence electrons. The zero-order chi connectivity index (χ0) is 13.0. The summed E-state index contributed by atoms with van der Waals surface area (Å²) in [6.45, 7) is 0. The first-order chi connectivity index (χ1) is 8.01. The Bertz CT molecular complexity index is 426. The van der Waals surface area contributed by atoms with Gasteiger partial charge in [0.25, 0.3) is 6.43 Å². The van der Waals surface area contributed by atoms with E-state index < -0.39 is 18.8 Å². The molecular formula is C10H10ClF2NO3. The van der Waals surface area contributed by atoms with Gasteiger partial charge in [0.2, 0.25) is 0 Å². The van der Waals surface area contributed by atoms with E-state index in [0.717, 1.165) is 6.20 Å². The Kier molecular flexibility index (Phi) is 4.62. The topological polar surface area (TPSA) is 59.4 Å². The van der Waals surface area contributed by atoms with Crippen molar-refractivity contribution < 1.29 is 23.4 Å². The molecule has 1 rings (SSSR count). The van der Waals surface area contributed by atoms with Gasteiger partial charge in [0, 0.05) is 17.3 Å². The van der Waals surface area contributed by atoms with E-state index in [-0.39, 0.29) is 28.5 Å². The normalized spacial score (nSPS) is 10.6. The molecule has 0 amide bonds. The van der Waals surface area contributed by atoms with Gasteiger partial charge in [-0.05, 0) is 0 Å². The van der Waals surface area contributed by atoms with E-state index in [1.807, 2.05) is 0 Å². The van der Waals surface area contributed by atoms with Gasteiger partial charge in [-0.3, -0.25) is 9.78 Å². The monoisotopic (exact) mass is 265 g/mol. The van der Waals surface area contributed by atoms with Gasteiger partial charge in [-0.25, -0.2) is 8.78 Å². The highest BCUT2D eigenvalue weighted by Gasteiger charge is 2.21. The third-order valence-corrected chi connectivity index (χ3v) is 2.40. The second-order valence-corrected chi connectivity index (χ2v) is 3.44. The fourth-order valence-corrected chi connectivity index (χ4v) is 1.70. The number of nitrogens with zero attached hydrogens (tertiary/aromatic N) is 1. The summed E-state index contributed by atoms with van der Waals surface area (Å²) in [5.41, 5.74) is -0.179. The number of alkyl halides is 3. The number of carbonyl (C=O) groups is 1. The van der Waals surface area contributed by atoms with E-state index in [4.69, 9.17) is 21.4 Å². The summed E-state index contributed by atoms with van der Waals surface area (Å²) < 4.78 is 30.2. The van der Waals surface area contributed by atoms with E-state index in [0.29, 0.717) is 0 Å². The molecule has 1 aromatic rings. The zero-order valence-corrected chi connectivity index (χ0v) is 9.67. The summed E-state index contributed by atoms with van der Waals surface area (Å²) in [4.78, 5) is 14.3. The smallest absolute Gasteiger partial charge is 0.309 e. The third kappa shape index (κ3) is 3.03. The lowest BCUT2D eigenvalue weighted by Gasteiger charge is -2.14. The number of carboxylic acid groups (broad SMARTS) is 1. The molecular weight excluding hydrogens is 256 g/mol. The Labute approximate surface area is 101 Å². The lowest BCUT2D eigenvalue weighted by molar-refractivity contribution is -0.136. The number of methoxy groups -OCH3 is 1. The number of ether oxygens (including phenoxy) is 1. The molecule has 0 bridgehead atoms. The largest absolute Gasteiger partial charge is 0.494 e. The van der Waals surface area contributed by atoms with Crippen LogP contribution in [-0.2, 0) is 17.1 Å². The molecule has 0 spiro atoms. The first-order valence-corrected chi connectivity index (χ1v) is 5.15. The minimum absolute atomic E-state index is 0.0141. The average molecular weight is 266 g/mol. The van der Waals surface area contributed by atoms with Crippen LogP contribution >= 0.6 is 11.6 Å². The molecule has 1 heterocycles. The van der Waals surface area contributed by atoms with Gasteiger partial charge in [-0.2, -0.15) is 0 Å². The molecule has 0 aromatic carbocycles. The third-order valence-electron chi connectivity index (χ3n) is 2.14. The number of rotatable bonds is 5. The number of carboxylic acids is 1. The van der Waals surface area contributed by atoms with Gasteiger partial charge in [-0.1, -0.05) is 0 Å². The Morgan fingerprint density at radius 2 is 2.29 bits per heavy atom. The molecule has 7 heteroatoms. The molecule has 0 aliphatic heterocycles. The predicted octanol–water partition coefficient (Wildman–Crippen LogP) is 2.39. The maximum Gasteiger partial charge on any atom is 0.309 e. The van der Waals surface area contributed by atoms with Gasteiger partial charge in [0.05, 0.1) is 25.1 Å². The molecule has 17 heavy (non-hydrogen) atoms. The fraction of sp³-hybridized carbons (Fsp3) is 0.400. The van der Waals surface area contributed by atoms with Crippen molar-refractivity contribution in [1.82, 2.24) is 4.98 Å². The molecule has 1 aromatic heterocycles. The van der Waals surface area contributed by atoms with Crippen molar-refractivity contribution in [3.63, 3.8) is 0 Å². The van der Waals surface area contributed by atoms with Crippen LogP contribution in [0.15, 0.2) is 6.20 Å². The van der Waals surface area contributed by atoms with Gasteiger partial charge in [-0.15, -0.1) is 11.6 Å². The van der Waals surface area contributed by atoms with Crippen LogP contribution in [0.25, 0.3) is 0 Å². The number of aromatic nitrogens is 1. The Hall–Kier alpha value is -1.43. The fourth-order valence-electron chi connectivity index (χ4n) is 1.43. The summed E-state index contributed by atoms with van der Waals surface area (Å²) in [6, 6.07) is 0. The highest BCUT2D eigenvalue weighted by Crippen LogP contribution is 2.32. The van der Waals surface area contributed by atoms with Crippen molar-refractivity contribution in [3.05, 3.63) is 23.0 Å². The van der Waals surface area contributed by atoms with E-state index in [1.54, 1.807) is 0 Å². The summed E-state index contributed by atoms with van der Waals surface area (Å²) in [5, 5.41) is 8.65. The lowest BCUT2D eigenvalue weighted by Crippen LogP contribution is -2.08. The van der Waals surface area contributed by atoms with Crippen molar-refractivity contribution >= 4 is 17.6 Å². The van der Waals surface area contributed by atoms with Crippen molar-refractivity contribution in [2.24, 2.45) is 0 Å². The van der Waals surface area contributed by atoms with Crippen molar-refractivity contribution in [2.45, 2.75) is 18.7 Å². The number of hydrogen-bond acceptors (Lipinski definition) is 3. The quantitative estimate of drug-likeness (QED) is 0.831. The molecule has 0 aliphatic carbocycles. The second-order valence-electron chi connectivity index (χ2n) is 3.18. The maximum absolute atomic E-state index is 12.7. The Balaban J connectivity index is 3.32. The average Bonchev–Trinajstić information content (AvgIpc) is 2.26. The van der Waals surface area contributed by atoms with Gasteiger partial charge in [0.1, 0.15) is 5.75 Å². The van der Waals surface area contributed by atoms with Gasteiger partial charge < -0.3 is 9.84 Å². The first-order valence-electron chi connectivity index (χ1n) is 4.61. The van der Waals surface area contributed by atoms with Crippen LogP contribution < -0.4 is 4.74 Å². The molecule has 0 saturated carbocycles. The molecule has 4 nitrogen and oxygen atoms in total. The van der Waals surface area contributed by atoms with Crippen LogP contribution in [0.1, 0.15) is 23.2 Å². The Morgan fingerprint density at radius 1 is 1.65 bits per heavy atom. The van der Waals surface area contributed by atoms with Crippen LogP contribution in [0.2, 0.25) is 0 Å². The van der Waals surface area contributed by atoms with Crippen LogP contribution in [0.3, 0.4) is 0 Å². The zero-order valence-electron chi connectivity index (χ0n) is 8.91. The van der Waals surface area contributed by atoms with Crippen molar-refractivity contribution in [1.29, 1.82) is 0 Å². The molecule has 1 N–H and O–H groups in total. The molecule has 0 unspecified atom stereocenters. The number of halogens is 3. The molecule has 0 saturated heterocycles. The van der Waals surface area contributed by atoms with Gasteiger partial charge >= 0.3 is 5.97 Å². The van der Waals surface area contributed by atoms with E-state index >= 15 is 0 Å². The lowest BCUT2D eigenvalue weighted by atomic mass is 10.1. The number of pyridine rings is 1. The SMILES string of the molecule is COc1c(CC(=O)O)ncc(C(F)F)c1CCl. The minimum atomic E-state index is -2.73. The molecule has 0 fully saturated rings. The standard InChI is InChI=1S/C10H10ClF2NO3/c1-17-9-5(3-11)6(10(12)13)4-14-7(9)2-8(15)16/h4,10H,2-3H2,1H3,(H,15,16). The predicted molar refractivity (Wildman–Crippen MR) is 56.6 cm³/mol. The summed E-state index contributed by atoms with van der Waals surface area (Å²) in [5.74, 6) is -1.31. The highest BCUT2D eigenvalue weighted by atomic mass is 35.5. The number of hydrogen-bond donors (Lipinski definition) is 1. The minimum Gasteiger partial charge on any atom is -0.494 e. The second kappa shape index (κ2) is 5.77. The molecule has 0 atom stereocenters. The first kappa shape index (κ1) is 13.6. The molecule has 0 aliphatic rings. The van der Waals surface area contributed by atoms with Crippen LogP contribution in [0.5, 0.6) is 5.75 Å². The van der Waals surface area contributed by atoms with Crippen LogP contribution in [0.4, 0.5) is 8.78 Å². The van der Waals surface area contributed by atoms with Crippen molar-refractivity contribution in [3.8, 4) is 5.75 Å². The van der Waals surface area contributed by atoms with Crippen LogP contribution in [0, 0.1) is 0 Å². The Morgan fingerprint density at radius 3 is 2.71 bits per heavy atom. The molecule has 0 radical (unpaired) electrons. The van der Waals surface area contributed by atoms with E-state index in [2.05, 4.69) is 4.98 Å². The van der Waals surface area contributed by atoms with Crippen molar-refractivity contribution in [2.75, 3.05) is 7.11 Å².